The Kier molecular flexibility index (Phi) is 10.2. The molecule has 0 spiro atoms. The second kappa shape index (κ2) is 13.2. The van der Waals surface area contributed by atoms with E-state index in [0.29, 0.717) is 25.4 Å². The van der Waals surface area contributed by atoms with Crippen molar-refractivity contribution in [2.24, 2.45) is 0 Å². The van der Waals surface area contributed by atoms with Gasteiger partial charge >= 0.3 is 35.3 Å². The van der Waals surface area contributed by atoms with E-state index >= 15 is 0 Å². The van der Waals surface area contributed by atoms with Crippen LogP contribution in [-0.4, -0.2) is 22.6 Å². The maximum absolute atomic E-state index is 11.6. The fourth-order valence-corrected chi connectivity index (χ4v) is 4.30. The van der Waals surface area contributed by atoms with E-state index in [2.05, 4.69) is 37.9 Å². The fraction of sp³-hybridized carbons (Fsp3) is 0.310. The van der Waals surface area contributed by atoms with E-state index in [-0.39, 0.29) is 42.2 Å². The number of rotatable bonds is 10. The van der Waals surface area contributed by atoms with Crippen LogP contribution in [0.25, 0.3) is 11.1 Å². The van der Waals surface area contributed by atoms with Gasteiger partial charge in [0.2, 0.25) is 0 Å². The molecule has 4 aromatic rings. The summed E-state index contributed by atoms with van der Waals surface area (Å²) in [4.78, 5) is 25.9. The van der Waals surface area contributed by atoms with Crippen molar-refractivity contribution in [3.8, 4) is 22.6 Å². The molecule has 194 valence electrons. The van der Waals surface area contributed by atoms with E-state index in [9.17, 15) is 14.7 Å². The van der Waals surface area contributed by atoms with Crippen LogP contribution in [0, 0.1) is 20.8 Å². The number of ether oxygens (including phenoxy) is 2. The summed E-state index contributed by atoms with van der Waals surface area (Å²) in [5, 5.41) is 9.47. The zero-order valence-corrected chi connectivity index (χ0v) is 24.5. The van der Waals surface area contributed by atoms with Gasteiger partial charge < -0.3 is 24.1 Å². The topological polar surface area (TPSA) is 105 Å². The Morgan fingerprint density at radius 3 is 2.26 bits per heavy atom. The molecule has 8 nitrogen and oxygen atoms in total. The maximum Gasteiger partial charge on any atom is 1.00 e. The first-order chi connectivity index (χ1) is 17.7. The summed E-state index contributed by atoms with van der Waals surface area (Å²) in [6.07, 6.45) is 0.207. The van der Waals surface area contributed by atoms with E-state index in [1.165, 1.54) is 5.56 Å². The van der Waals surface area contributed by atoms with Gasteiger partial charge in [-0.05, 0) is 90.9 Å². The maximum atomic E-state index is 11.6. The molecule has 1 atom stereocenters. The Hall–Kier alpha value is -3.04. The van der Waals surface area contributed by atoms with Crippen molar-refractivity contribution in [3.63, 3.8) is 0 Å². The molecule has 38 heavy (non-hydrogen) atoms. The van der Waals surface area contributed by atoms with Crippen LogP contribution in [0.4, 0.5) is 0 Å². The van der Waals surface area contributed by atoms with Crippen molar-refractivity contribution < 1.29 is 48.7 Å². The van der Waals surface area contributed by atoms with Crippen LogP contribution in [0.3, 0.4) is 0 Å². The number of aryl methyl sites for hydroxylation is 2. The second-order valence-electron chi connectivity index (χ2n) is 9.23. The van der Waals surface area contributed by atoms with Crippen LogP contribution < -0.4 is 55.5 Å². The molecule has 0 radical (unpaired) electrons. The first-order valence-electron chi connectivity index (χ1n) is 12.2. The Morgan fingerprint density at radius 1 is 0.974 bits per heavy atom. The predicted molar refractivity (Wildman–Crippen MR) is 140 cm³/mol. The second-order valence-corrected chi connectivity index (χ2v) is 9.23. The molecule has 0 unspecified atom stereocenters. The van der Waals surface area contributed by atoms with Gasteiger partial charge in [-0.2, -0.15) is 0 Å². The number of nitrogens with zero attached hydrogens (tertiary/aromatic N) is 2. The van der Waals surface area contributed by atoms with Gasteiger partial charge in [0.05, 0.1) is 12.7 Å². The van der Waals surface area contributed by atoms with Crippen molar-refractivity contribution in [2.75, 3.05) is 6.61 Å². The summed E-state index contributed by atoms with van der Waals surface area (Å²) in [6, 6.07) is 17.6. The van der Waals surface area contributed by atoms with E-state index in [1.54, 1.807) is 6.92 Å². The summed E-state index contributed by atoms with van der Waals surface area (Å²) in [6.45, 7) is 9.02. The molecule has 0 saturated carbocycles. The molecule has 3 aromatic carbocycles. The van der Waals surface area contributed by atoms with Crippen LogP contribution in [0.5, 0.6) is 11.5 Å². The largest absolute Gasteiger partial charge is 1.00 e. The SMILES string of the molecule is Cc1cc(OCC[C@@H](C)O)cc(C)c1-c1cccc(COc2ccc(Cn3oc(=O)[n-]c3=O)cc2)c1C.[Na+]. The normalized spacial score (nSPS) is 11.6. The van der Waals surface area contributed by atoms with Gasteiger partial charge in [-0.1, -0.05) is 30.3 Å². The van der Waals surface area contributed by atoms with E-state index < -0.39 is 11.4 Å². The molecule has 1 aromatic heterocycles. The van der Waals surface area contributed by atoms with Gasteiger partial charge in [-0.3, -0.25) is 9.53 Å². The quantitative estimate of drug-likeness (QED) is 0.309. The molecular formula is C29H31N2NaO6. The van der Waals surface area contributed by atoms with E-state index in [0.717, 1.165) is 43.9 Å². The predicted octanol–water partition coefficient (Wildman–Crippen LogP) is 1.13. The third-order valence-corrected chi connectivity index (χ3v) is 6.26. The number of benzene rings is 3. The number of aliphatic hydroxyl groups is 1. The Morgan fingerprint density at radius 2 is 1.66 bits per heavy atom. The van der Waals surface area contributed by atoms with Crippen LogP contribution >= 0.6 is 0 Å². The molecule has 0 bridgehead atoms. The van der Waals surface area contributed by atoms with Crippen molar-refractivity contribution in [1.82, 2.24) is 9.72 Å². The molecule has 1 heterocycles. The van der Waals surface area contributed by atoms with Crippen molar-refractivity contribution >= 4 is 0 Å². The Labute approximate surface area is 243 Å². The van der Waals surface area contributed by atoms with Gasteiger partial charge in [-0.25, -0.2) is 4.79 Å². The van der Waals surface area contributed by atoms with E-state index in [4.69, 9.17) is 14.0 Å². The molecule has 0 aliphatic heterocycles. The smallest absolute Gasteiger partial charge is 0.493 e. The third kappa shape index (κ3) is 7.29. The minimum absolute atomic E-state index is 0. The van der Waals surface area contributed by atoms with Crippen LogP contribution in [0.1, 0.15) is 41.2 Å². The number of aliphatic hydroxyl groups excluding tert-OH is 1. The van der Waals surface area contributed by atoms with Gasteiger partial charge in [0, 0.05) is 13.0 Å². The minimum Gasteiger partial charge on any atom is -0.493 e. The van der Waals surface area contributed by atoms with Gasteiger partial charge in [0.1, 0.15) is 18.1 Å². The summed E-state index contributed by atoms with van der Waals surface area (Å²) in [7, 11) is 0. The minimum atomic E-state index is -0.898. The first kappa shape index (κ1) is 29.5. The zero-order valence-electron chi connectivity index (χ0n) is 22.5. The molecular weight excluding hydrogens is 495 g/mol. The summed E-state index contributed by atoms with van der Waals surface area (Å²) in [5.41, 5.74) is 6.88. The Bertz CT molecular complexity index is 1460. The molecule has 0 aliphatic rings. The number of hydrogen-bond donors (Lipinski definition) is 1. The summed E-state index contributed by atoms with van der Waals surface area (Å²) in [5.74, 6) is 0.598. The molecule has 1 N–H and O–H groups in total. The standard InChI is InChI=1S/C29H32N2O6.Na/c1-18-14-25(35-13-12-20(3)32)15-19(2)27(18)26-7-5-6-23(21(26)4)17-36-24-10-8-22(9-11-24)16-31-28(33)30-29(34)37-31;/h5-11,14-15,20,32H,12-13,16-17H2,1-4H3,(H,30,33,34);/q;+1/p-1/t20-;/m1./s1. The summed E-state index contributed by atoms with van der Waals surface area (Å²) < 4.78 is 17.6. The first-order valence-corrected chi connectivity index (χ1v) is 12.2. The molecule has 0 fully saturated rings. The summed E-state index contributed by atoms with van der Waals surface area (Å²) >= 11 is 0. The monoisotopic (exact) mass is 526 g/mol. The van der Waals surface area contributed by atoms with Crippen LogP contribution in [0.15, 0.2) is 68.7 Å². The van der Waals surface area contributed by atoms with Crippen LogP contribution in [-0.2, 0) is 13.2 Å². The molecule has 9 heteroatoms. The zero-order chi connectivity index (χ0) is 26.5. The fourth-order valence-electron chi connectivity index (χ4n) is 4.30. The van der Waals surface area contributed by atoms with Gasteiger partial charge in [-0.15, -0.1) is 0 Å². The average Bonchev–Trinajstić information content (AvgIpc) is 3.16. The van der Waals surface area contributed by atoms with Gasteiger partial charge in [0.25, 0.3) is 0 Å². The van der Waals surface area contributed by atoms with Crippen molar-refractivity contribution in [3.05, 3.63) is 103 Å². The van der Waals surface area contributed by atoms with Crippen molar-refractivity contribution in [1.29, 1.82) is 0 Å². The van der Waals surface area contributed by atoms with Crippen LogP contribution in [0.2, 0.25) is 0 Å². The Balaban J connectivity index is 0.00000400. The van der Waals surface area contributed by atoms with Crippen molar-refractivity contribution in [2.45, 2.75) is 53.4 Å². The number of aromatic nitrogens is 2. The molecule has 4 rings (SSSR count). The molecule has 0 amide bonds. The molecule has 0 aliphatic carbocycles. The number of hydrogen-bond acceptors (Lipinski definition) is 6. The third-order valence-electron chi connectivity index (χ3n) is 6.26. The van der Waals surface area contributed by atoms with E-state index in [1.807, 2.05) is 42.5 Å². The average molecular weight is 527 g/mol. The van der Waals surface area contributed by atoms with Gasteiger partial charge in [0.15, 0.2) is 5.69 Å². The molecule has 0 saturated heterocycles.